The molecule has 0 saturated heterocycles. The van der Waals surface area contributed by atoms with E-state index in [2.05, 4.69) is 39.7 Å². The molecule has 0 aliphatic heterocycles. The topological polar surface area (TPSA) is 26.3 Å². The smallest absolute Gasteiger partial charge is 0.330 e. The van der Waals surface area contributed by atoms with Gasteiger partial charge in [-0.05, 0) is 6.92 Å². The van der Waals surface area contributed by atoms with Crippen molar-refractivity contribution >= 4 is 5.97 Å². The standard InChI is InChI=1S/C15H22NO2/c1-5-15(17)18-12-11-16(3,4)13(2)14-9-7-6-8-10-14/h5-10,13H,1,11-12H2,2-4H3/q+1. The molecule has 3 nitrogen and oxygen atoms in total. The summed E-state index contributed by atoms with van der Waals surface area (Å²) in [5.74, 6) is -0.359. The molecule has 0 aliphatic rings. The Bertz CT molecular complexity index is 398. The van der Waals surface area contributed by atoms with Crippen LogP contribution in [0, 0.1) is 0 Å². The molecule has 0 aromatic heterocycles. The van der Waals surface area contributed by atoms with Crippen LogP contribution >= 0.6 is 0 Å². The van der Waals surface area contributed by atoms with E-state index in [1.54, 1.807) is 0 Å². The zero-order valence-corrected chi connectivity index (χ0v) is 11.4. The minimum absolute atomic E-state index is 0.355. The summed E-state index contributed by atoms with van der Waals surface area (Å²) in [6.07, 6.45) is 1.20. The molecule has 1 aromatic rings. The lowest BCUT2D eigenvalue weighted by Gasteiger charge is -2.36. The first-order valence-electron chi connectivity index (χ1n) is 6.14. The molecular formula is C15H22NO2+. The van der Waals surface area contributed by atoms with Gasteiger partial charge in [0.05, 0.1) is 14.1 Å². The first kappa shape index (κ1) is 14.5. The Kier molecular flexibility index (Phi) is 5.10. The van der Waals surface area contributed by atoms with Gasteiger partial charge in [0, 0.05) is 11.6 Å². The second-order valence-electron chi connectivity index (χ2n) is 4.96. The fraction of sp³-hybridized carbons (Fsp3) is 0.400. The average molecular weight is 248 g/mol. The molecule has 98 valence electrons. The van der Waals surface area contributed by atoms with Gasteiger partial charge in [-0.3, -0.25) is 0 Å². The highest BCUT2D eigenvalue weighted by Gasteiger charge is 2.25. The number of rotatable bonds is 6. The Labute approximate surface area is 109 Å². The van der Waals surface area contributed by atoms with Gasteiger partial charge in [-0.1, -0.05) is 36.9 Å². The average Bonchev–Trinajstić information content (AvgIpc) is 2.38. The number of nitrogens with zero attached hydrogens (tertiary/aromatic N) is 1. The molecule has 0 N–H and O–H groups in total. The molecule has 0 heterocycles. The van der Waals surface area contributed by atoms with Crippen molar-refractivity contribution in [3.8, 4) is 0 Å². The predicted octanol–water partition coefficient (Wildman–Crippen LogP) is 2.55. The zero-order valence-electron chi connectivity index (χ0n) is 11.4. The zero-order chi connectivity index (χ0) is 13.6. The van der Waals surface area contributed by atoms with Crippen molar-refractivity contribution in [2.24, 2.45) is 0 Å². The van der Waals surface area contributed by atoms with Crippen LogP contribution in [0.3, 0.4) is 0 Å². The number of ether oxygens (including phenoxy) is 1. The number of esters is 1. The summed E-state index contributed by atoms with van der Waals surface area (Å²) < 4.78 is 5.81. The second-order valence-corrected chi connectivity index (χ2v) is 4.96. The Morgan fingerprint density at radius 2 is 2.00 bits per heavy atom. The van der Waals surface area contributed by atoms with Crippen molar-refractivity contribution in [2.75, 3.05) is 27.2 Å². The summed E-state index contributed by atoms with van der Waals surface area (Å²) in [6, 6.07) is 10.7. The number of likely N-dealkylation sites (N-methyl/N-ethyl adjacent to an activating group) is 1. The van der Waals surface area contributed by atoms with Crippen LogP contribution in [0.25, 0.3) is 0 Å². The molecule has 0 fully saturated rings. The van der Waals surface area contributed by atoms with Gasteiger partial charge >= 0.3 is 5.97 Å². The number of hydrogen-bond acceptors (Lipinski definition) is 2. The fourth-order valence-electron chi connectivity index (χ4n) is 1.77. The van der Waals surface area contributed by atoms with Gasteiger partial charge in [0.15, 0.2) is 0 Å². The van der Waals surface area contributed by atoms with Crippen LogP contribution in [0.15, 0.2) is 43.0 Å². The third kappa shape index (κ3) is 4.00. The monoisotopic (exact) mass is 248 g/mol. The summed E-state index contributed by atoms with van der Waals surface area (Å²) in [4.78, 5) is 11.0. The van der Waals surface area contributed by atoms with E-state index in [-0.39, 0.29) is 5.97 Å². The summed E-state index contributed by atoms with van der Waals surface area (Å²) >= 11 is 0. The predicted molar refractivity (Wildman–Crippen MR) is 73.0 cm³/mol. The van der Waals surface area contributed by atoms with Crippen LogP contribution in [0.2, 0.25) is 0 Å². The van der Waals surface area contributed by atoms with Gasteiger partial charge in [-0.15, -0.1) is 0 Å². The van der Waals surface area contributed by atoms with Crippen LogP contribution in [0.1, 0.15) is 18.5 Å². The molecule has 1 rings (SSSR count). The number of hydrogen-bond donors (Lipinski definition) is 0. The van der Waals surface area contributed by atoms with E-state index in [0.717, 1.165) is 11.0 Å². The van der Waals surface area contributed by atoms with E-state index in [9.17, 15) is 4.79 Å². The van der Waals surface area contributed by atoms with Crippen molar-refractivity contribution < 1.29 is 14.0 Å². The maximum absolute atomic E-state index is 11.0. The van der Waals surface area contributed by atoms with Crippen molar-refractivity contribution in [3.05, 3.63) is 48.6 Å². The van der Waals surface area contributed by atoms with Crippen LogP contribution < -0.4 is 0 Å². The van der Waals surface area contributed by atoms with Crippen molar-refractivity contribution in [1.82, 2.24) is 0 Å². The van der Waals surface area contributed by atoms with Crippen molar-refractivity contribution in [1.29, 1.82) is 0 Å². The van der Waals surface area contributed by atoms with Gasteiger partial charge < -0.3 is 9.22 Å². The molecule has 0 saturated carbocycles. The van der Waals surface area contributed by atoms with Gasteiger partial charge in [0.25, 0.3) is 0 Å². The number of quaternary nitrogens is 1. The number of carbonyl (C=O) groups excluding carboxylic acids is 1. The lowest BCUT2D eigenvalue weighted by Crippen LogP contribution is -2.44. The minimum atomic E-state index is -0.359. The highest BCUT2D eigenvalue weighted by atomic mass is 16.5. The van der Waals surface area contributed by atoms with Crippen molar-refractivity contribution in [3.63, 3.8) is 0 Å². The summed E-state index contributed by atoms with van der Waals surface area (Å²) in [6.45, 7) is 6.75. The Morgan fingerprint density at radius 3 is 2.56 bits per heavy atom. The van der Waals surface area contributed by atoms with E-state index in [4.69, 9.17) is 4.74 Å². The molecule has 3 heteroatoms. The molecule has 0 amide bonds. The SMILES string of the molecule is C=CC(=O)OCC[N+](C)(C)C(C)c1ccccc1. The minimum Gasteiger partial charge on any atom is -0.457 e. The summed E-state index contributed by atoms with van der Waals surface area (Å²) in [5, 5.41) is 0. The maximum atomic E-state index is 11.0. The van der Waals surface area contributed by atoms with Gasteiger partial charge in [-0.25, -0.2) is 4.79 Å². The number of carbonyl (C=O) groups is 1. The molecule has 18 heavy (non-hydrogen) atoms. The van der Waals surface area contributed by atoms with Crippen LogP contribution in [0.5, 0.6) is 0 Å². The van der Waals surface area contributed by atoms with E-state index in [1.165, 1.54) is 11.6 Å². The van der Waals surface area contributed by atoms with Gasteiger partial charge in [0.1, 0.15) is 19.2 Å². The molecule has 1 aromatic carbocycles. The third-order valence-electron chi connectivity index (χ3n) is 3.41. The molecule has 0 spiro atoms. The van der Waals surface area contributed by atoms with E-state index in [0.29, 0.717) is 12.6 Å². The van der Waals surface area contributed by atoms with Gasteiger partial charge in [0.2, 0.25) is 0 Å². The Hall–Kier alpha value is -1.61. The van der Waals surface area contributed by atoms with Crippen LogP contribution in [0.4, 0.5) is 0 Å². The Balaban J connectivity index is 2.57. The summed E-state index contributed by atoms with van der Waals surface area (Å²) in [7, 11) is 4.28. The lowest BCUT2D eigenvalue weighted by atomic mass is 10.1. The third-order valence-corrected chi connectivity index (χ3v) is 3.41. The molecule has 1 unspecified atom stereocenters. The van der Waals surface area contributed by atoms with E-state index < -0.39 is 0 Å². The highest BCUT2D eigenvalue weighted by molar-refractivity contribution is 5.81. The molecule has 0 aliphatic carbocycles. The van der Waals surface area contributed by atoms with Crippen molar-refractivity contribution in [2.45, 2.75) is 13.0 Å². The second kappa shape index (κ2) is 6.36. The molecule has 0 bridgehead atoms. The highest BCUT2D eigenvalue weighted by Crippen LogP contribution is 2.23. The van der Waals surface area contributed by atoms with Crippen LogP contribution in [-0.2, 0) is 9.53 Å². The Morgan fingerprint density at radius 1 is 1.39 bits per heavy atom. The summed E-state index contributed by atoms with van der Waals surface area (Å²) in [5.41, 5.74) is 1.29. The fourth-order valence-corrected chi connectivity index (χ4v) is 1.77. The van der Waals surface area contributed by atoms with Gasteiger partial charge in [-0.2, -0.15) is 0 Å². The number of benzene rings is 1. The van der Waals surface area contributed by atoms with E-state index >= 15 is 0 Å². The molecule has 0 radical (unpaired) electrons. The normalized spacial score (nSPS) is 12.8. The quantitative estimate of drug-likeness (QED) is 0.439. The largest absolute Gasteiger partial charge is 0.457 e. The molecule has 1 atom stereocenters. The maximum Gasteiger partial charge on any atom is 0.330 e. The first-order chi connectivity index (χ1) is 8.47. The van der Waals surface area contributed by atoms with Crippen LogP contribution in [-0.4, -0.2) is 37.7 Å². The first-order valence-corrected chi connectivity index (χ1v) is 6.14. The van der Waals surface area contributed by atoms with E-state index in [1.807, 2.05) is 18.2 Å². The molecular weight excluding hydrogens is 226 g/mol. The lowest BCUT2D eigenvalue weighted by molar-refractivity contribution is -0.919.